The number of aromatic nitrogens is 2. The van der Waals surface area contributed by atoms with E-state index in [9.17, 15) is 4.79 Å². The second-order valence-electron chi connectivity index (χ2n) is 5.21. The summed E-state index contributed by atoms with van der Waals surface area (Å²) in [5.74, 6) is 1.17. The first-order valence-electron chi connectivity index (χ1n) is 7.32. The maximum absolute atomic E-state index is 13.1. The standard InChI is InChI=1S/C17H14Cl2N2O4S/c1-23-13-6-11-8(4-9(13)18)16(22)21(17(26)20-11)12-7-14(24-2)10(19)5-15(12)25-3/h4-7H,1-3H3,(H,20,26). The fourth-order valence-electron chi connectivity index (χ4n) is 2.57. The molecular formula is C17H14Cl2N2O4S. The molecule has 0 saturated carbocycles. The summed E-state index contributed by atoms with van der Waals surface area (Å²) in [4.78, 5) is 17.5. The van der Waals surface area contributed by atoms with E-state index in [1.807, 2.05) is 0 Å². The van der Waals surface area contributed by atoms with Gasteiger partial charge in [0.2, 0.25) is 0 Å². The fraction of sp³-hybridized carbons (Fsp3) is 0.176. The highest BCUT2D eigenvalue weighted by Crippen LogP contribution is 2.35. The number of methoxy groups -OCH3 is 3. The second kappa shape index (κ2) is 7.26. The first kappa shape index (κ1) is 18.7. The van der Waals surface area contributed by atoms with Gasteiger partial charge in [0.15, 0.2) is 5.16 Å². The predicted molar refractivity (Wildman–Crippen MR) is 104 cm³/mol. The Bertz CT molecular complexity index is 1070. The van der Waals surface area contributed by atoms with Crippen molar-refractivity contribution >= 4 is 46.7 Å². The normalized spacial score (nSPS) is 10.8. The van der Waals surface area contributed by atoms with Crippen LogP contribution in [0.2, 0.25) is 10.0 Å². The maximum atomic E-state index is 13.1. The van der Waals surface area contributed by atoms with Gasteiger partial charge in [0.05, 0.1) is 48.0 Å². The van der Waals surface area contributed by atoms with Crippen molar-refractivity contribution in [3.63, 3.8) is 0 Å². The van der Waals surface area contributed by atoms with E-state index in [0.717, 1.165) is 0 Å². The summed E-state index contributed by atoms with van der Waals surface area (Å²) in [5.41, 5.74) is 0.440. The molecule has 0 atom stereocenters. The summed E-state index contributed by atoms with van der Waals surface area (Å²) >= 11 is 16.7. The van der Waals surface area contributed by atoms with E-state index in [1.165, 1.54) is 32.0 Å². The average Bonchev–Trinajstić information content (AvgIpc) is 2.62. The number of benzene rings is 2. The van der Waals surface area contributed by atoms with E-state index in [2.05, 4.69) is 17.6 Å². The van der Waals surface area contributed by atoms with Crippen molar-refractivity contribution in [3.8, 4) is 22.9 Å². The largest absolute Gasteiger partial charge is 0.495 e. The Morgan fingerprint density at radius 2 is 1.50 bits per heavy atom. The highest BCUT2D eigenvalue weighted by Gasteiger charge is 2.18. The molecule has 0 spiro atoms. The van der Waals surface area contributed by atoms with E-state index >= 15 is 0 Å². The van der Waals surface area contributed by atoms with Crippen LogP contribution in [-0.2, 0) is 0 Å². The van der Waals surface area contributed by atoms with Crippen LogP contribution < -0.4 is 19.8 Å². The molecule has 3 aromatic rings. The summed E-state index contributed by atoms with van der Waals surface area (Å²) in [5, 5.41) is 1.13. The van der Waals surface area contributed by atoms with E-state index in [1.54, 1.807) is 18.2 Å². The third-order valence-electron chi connectivity index (χ3n) is 3.82. The monoisotopic (exact) mass is 412 g/mol. The van der Waals surface area contributed by atoms with E-state index < -0.39 is 0 Å². The molecule has 0 aliphatic heterocycles. The molecule has 0 bridgehead atoms. The van der Waals surface area contributed by atoms with Crippen LogP contribution in [-0.4, -0.2) is 30.9 Å². The molecule has 1 aromatic heterocycles. The van der Waals surface area contributed by atoms with Gasteiger partial charge in [0.1, 0.15) is 17.2 Å². The Morgan fingerprint density at radius 1 is 0.923 bits per heavy atom. The molecule has 0 fully saturated rings. The third-order valence-corrected chi connectivity index (χ3v) is 4.71. The van der Waals surface area contributed by atoms with Crippen LogP contribution in [0.15, 0.2) is 34.2 Å². The molecule has 1 heterocycles. The summed E-state index contributed by atoms with van der Waals surface area (Å²) in [6, 6.07) is 6.23. The van der Waals surface area contributed by atoms with E-state index in [4.69, 9.17) is 37.4 Å². The van der Waals surface area contributed by atoms with Gasteiger partial charge < -0.3 is 14.2 Å². The number of rotatable bonds is 4. The molecule has 0 unspecified atom stereocenters. The molecule has 136 valence electrons. The van der Waals surface area contributed by atoms with Crippen molar-refractivity contribution in [2.75, 3.05) is 21.3 Å². The summed E-state index contributed by atoms with van der Waals surface area (Å²) < 4.78 is 17.1. The first-order chi connectivity index (χ1) is 12.4. The molecular weight excluding hydrogens is 399 g/mol. The van der Waals surface area contributed by atoms with Crippen LogP contribution in [0.5, 0.6) is 17.2 Å². The second-order valence-corrected chi connectivity index (χ2v) is 6.43. The van der Waals surface area contributed by atoms with Crippen molar-refractivity contribution < 1.29 is 14.2 Å². The van der Waals surface area contributed by atoms with Crippen LogP contribution in [0.1, 0.15) is 0 Å². The van der Waals surface area contributed by atoms with Gasteiger partial charge in [0.25, 0.3) is 5.56 Å². The van der Waals surface area contributed by atoms with Crippen LogP contribution >= 0.6 is 35.8 Å². The molecule has 0 radical (unpaired) electrons. The topological polar surface area (TPSA) is 62.6 Å². The molecule has 0 saturated heterocycles. The number of ether oxygens (including phenoxy) is 3. The smallest absolute Gasteiger partial charge is 0.266 e. The zero-order chi connectivity index (χ0) is 19.0. The zero-order valence-corrected chi connectivity index (χ0v) is 16.4. The number of hydrogen-bond donors (Lipinski definition) is 1. The minimum Gasteiger partial charge on any atom is -0.495 e. The van der Waals surface area contributed by atoms with Crippen LogP contribution in [0.3, 0.4) is 0 Å². The predicted octanol–water partition coefficient (Wildman–Crippen LogP) is 4.01. The molecule has 0 N–H and O–H groups in total. The maximum Gasteiger partial charge on any atom is 0.266 e. The van der Waals surface area contributed by atoms with Gasteiger partial charge in [-0.15, -0.1) is 12.6 Å². The molecule has 26 heavy (non-hydrogen) atoms. The van der Waals surface area contributed by atoms with Gasteiger partial charge in [-0.2, -0.15) is 0 Å². The minimum absolute atomic E-state index is 0.162. The fourth-order valence-corrected chi connectivity index (χ4v) is 3.35. The van der Waals surface area contributed by atoms with Crippen molar-refractivity contribution in [1.82, 2.24) is 9.55 Å². The Morgan fingerprint density at radius 3 is 2.12 bits per heavy atom. The van der Waals surface area contributed by atoms with Crippen molar-refractivity contribution in [2.45, 2.75) is 5.16 Å². The van der Waals surface area contributed by atoms with Crippen molar-refractivity contribution in [1.29, 1.82) is 0 Å². The van der Waals surface area contributed by atoms with Gasteiger partial charge in [-0.1, -0.05) is 23.2 Å². The number of hydrogen-bond acceptors (Lipinski definition) is 6. The quantitative estimate of drug-likeness (QED) is 0.518. The van der Waals surface area contributed by atoms with E-state index in [-0.39, 0.29) is 10.7 Å². The number of fused-ring (bicyclic) bond motifs is 1. The number of thiol groups is 1. The molecule has 6 nitrogen and oxygen atoms in total. The first-order valence-corrected chi connectivity index (χ1v) is 8.52. The molecule has 0 aliphatic rings. The van der Waals surface area contributed by atoms with Gasteiger partial charge in [-0.3, -0.25) is 9.36 Å². The minimum atomic E-state index is -0.368. The Hall–Kier alpha value is -2.09. The number of halogens is 2. The molecule has 3 rings (SSSR count). The molecule has 9 heteroatoms. The Balaban J connectivity index is 2.38. The average molecular weight is 413 g/mol. The molecule has 2 aromatic carbocycles. The van der Waals surface area contributed by atoms with Crippen LogP contribution in [0, 0.1) is 0 Å². The van der Waals surface area contributed by atoms with E-state index in [0.29, 0.717) is 43.9 Å². The van der Waals surface area contributed by atoms with Gasteiger partial charge in [-0.25, -0.2) is 4.98 Å². The van der Waals surface area contributed by atoms with Crippen molar-refractivity contribution in [2.24, 2.45) is 0 Å². The number of nitrogens with zero attached hydrogens (tertiary/aromatic N) is 2. The highest BCUT2D eigenvalue weighted by atomic mass is 35.5. The zero-order valence-electron chi connectivity index (χ0n) is 14.0. The van der Waals surface area contributed by atoms with Gasteiger partial charge in [0, 0.05) is 18.2 Å². The van der Waals surface area contributed by atoms with Crippen molar-refractivity contribution in [3.05, 3.63) is 44.7 Å². The lowest BCUT2D eigenvalue weighted by Gasteiger charge is -2.16. The van der Waals surface area contributed by atoms with Gasteiger partial charge >= 0.3 is 0 Å². The third kappa shape index (κ3) is 3.06. The summed E-state index contributed by atoms with van der Waals surface area (Å²) in [6.45, 7) is 0. The lowest BCUT2D eigenvalue weighted by Crippen LogP contribution is -2.21. The van der Waals surface area contributed by atoms with Crippen LogP contribution in [0.25, 0.3) is 16.6 Å². The Kier molecular flexibility index (Phi) is 5.22. The highest BCUT2D eigenvalue weighted by molar-refractivity contribution is 7.80. The summed E-state index contributed by atoms with van der Waals surface area (Å²) in [7, 11) is 4.44. The molecule has 0 aliphatic carbocycles. The SMILES string of the molecule is COc1cc(-n2c(S)nc3cc(OC)c(Cl)cc3c2=O)c(OC)cc1Cl. The Labute approximate surface area is 164 Å². The summed E-state index contributed by atoms with van der Waals surface area (Å²) in [6.07, 6.45) is 0. The lowest BCUT2D eigenvalue weighted by molar-refractivity contribution is 0.400. The van der Waals surface area contributed by atoms with Gasteiger partial charge in [-0.05, 0) is 6.07 Å². The molecule has 0 amide bonds. The van der Waals surface area contributed by atoms with Crippen LogP contribution in [0.4, 0.5) is 0 Å². The lowest BCUT2D eigenvalue weighted by atomic mass is 10.2.